The zero-order valence-electron chi connectivity index (χ0n) is 14.5. The van der Waals surface area contributed by atoms with Crippen LogP contribution in [0, 0.1) is 5.82 Å². The van der Waals surface area contributed by atoms with Crippen molar-refractivity contribution in [1.82, 2.24) is 0 Å². The zero-order chi connectivity index (χ0) is 18.0. The van der Waals surface area contributed by atoms with E-state index >= 15 is 0 Å². The lowest BCUT2D eigenvalue weighted by Crippen LogP contribution is -2.45. The number of anilines is 1. The quantitative estimate of drug-likeness (QED) is 0.895. The van der Waals surface area contributed by atoms with Gasteiger partial charge in [-0.15, -0.1) is 0 Å². The van der Waals surface area contributed by atoms with Crippen molar-refractivity contribution in [3.8, 4) is 5.75 Å². The Morgan fingerprint density at radius 3 is 2.68 bits per heavy atom. The minimum Gasteiger partial charge on any atom is -0.478 e. The molecule has 1 amide bonds. The van der Waals surface area contributed by atoms with Gasteiger partial charge in [-0.1, -0.05) is 38.1 Å². The predicted molar refractivity (Wildman–Crippen MR) is 96.0 cm³/mol. The van der Waals surface area contributed by atoms with Gasteiger partial charge in [0, 0.05) is 11.6 Å². The van der Waals surface area contributed by atoms with Crippen LogP contribution in [0.2, 0.25) is 0 Å². The fraction of sp³-hybridized carbons (Fsp3) is 0.350. The first-order valence-electron chi connectivity index (χ1n) is 8.66. The summed E-state index contributed by atoms with van der Waals surface area (Å²) in [7, 11) is 0. The van der Waals surface area contributed by atoms with E-state index in [0.717, 1.165) is 12.0 Å². The Bertz CT molecular complexity index is 778. The first kappa shape index (κ1) is 17.4. The number of nitrogens with zero attached hydrogens (tertiary/aromatic N) is 1. The third kappa shape index (κ3) is 3.37. The number of carbonyl (C=O) groups excluding carboxylic acids is 1. The average Bonchev–Trinajstić information content (AvgIpc) is 2.64. The van der Waals surface area contributed by atoms with Gasteiger partial charge in [-0.2, -0.15) is 0 Å². The number of hydrogen-bond donors (Lipinski definition) is 1. The van der Waals surface area contributed by atoms with Crippen molar-refractivity contribution >= 4 is 11.6 Å². The second kappa shape index (κ2) is 7.23. The molecule has 25 heavy (non-hydrogen) atoms. The Morgan fingerprint density at radius 2 is 2.00 bits per heavy atom. The summed E-state index contributed by atoms with van der Waals surface area (Å²) in [6.45, 7) is 4.08. The minimum absolute atomic E-state index is 0.111. The molecule has 0 saturated heterocycles. The van der Waals surface area contributed by atoms with Crippen LogP contribution in [0.1, 0.15) is 43.9 Å². The Labute approximate surface area is 147 Å². The molecule has 4 nitrogen and oxygen atoms in total. The van der Waals surface area contributed by atoms with Crippen LogP contribution in [0.3, 0.4) is 0 Å². The fourth-order valence-electron chi connectivity index (χ4n) is 3.03. The van der Waals surface area contributed by atoms with Crippen LogP contribution in [0.25, 0.3) is 0 Å². The number of amides is 1. The predicted octanol–water partition coefficient (Wildman–Crippen LogP) is 3.94. The van der Waals surface area contributed by atoms with E-state index in [1.165, 1.54) is 6.07 Å². The molecule has 0 saturated carbocycles. The molecule has 2 aromatic carbocycles. The highest BCUT2D eigenvalue weighted by molar-refractivity contribution is 6.00. The van der Waals surface area contributed by atoms with Gasteiger partial charge < -0.3 is 15.4 Å². The van der Waals surface area contributed by atoms with E-state index in [0.29, 0.717) is 23.4 Å². The Hall–Kier alpha value is -2.40. The second-order valence-electron chi connectivity index (χ2n) is 6.27. The Morgan fingerprint density at radius 1 is 1.24 bits per heavy atom. The molecule has 0 spiro atoms. The zero-order valence-corrected chi connectivity index (χ0v) is 14.5. The van der Waals surface area contributed by atoms with Gasteiger partial charge in [0.2, 0.25) is 0 Å². The van der Waals surface area contributed by atoms with Gasteiger partial charge in [-0.3, -0.25) is 4.79 Å². The molecule has 1 aliphatic heterocycles. The molecular weight excluding hydrogens is 319 g/mol. The lowest BCUT2D eigenvalue weighted by Gasteiger charge is -2.34. The molecular formula is C20H23FN2O2. The van der Waals surface area contributed by atoms with Crippen LogP contribution in [-0.4, -0.2) is 12.0 Å². The van der Waals surface area contributed by atoms with Crippen LogP contribution >= 0.6 is 0 Å². The van der Waals surface area contributed by atoms with Crippen molar-refractivity contribution in [2.75, 3.05) is 4.90 Å². The molecule has 2 unspecified atom stereocenters. The standard InChI is InChI=1S/C20H23FN2O2/c1-3-16(22)13-9-10-19-17(11-13)23(20(24)18(4-2)25-19)12-14-7-5-6-8-15(14)21/h5-11,16,18H,3-4,12,22H2,1-2H3. The van der Waals surface area contributed by atoms with Gasteiger partial charge >= 0.3 is 0 Å². The number of benzene rings is 2. The molecule has 0 bridgehead atoms. The highest BCUT2D eigenvalue weighted by Gasteiger charge is 2.34. The molecule has 132 valence electrons. The summed E-state index contributed by atoms with van der Waals surface area (Å²) in [5.41, 5.74) is 8.20. The molecule has 0 radical (unpaired) electrons. The molecule has 2 atom stereocenters. The SMILES string of the molecule is CCC1Oc2ccc(C(N)CC)cc2N(Cc2ccccc2F)C1=O. The number of carbonyl (C=O) groups is 1. The topological polar surface area (TPSA) is 55.6 Å². The number of halogens is 1. The molecule has 0 aromatic heterocycles. The van der Waals surface area contributed by atoms with Crippen molar-refractivity contribution in [2.45, 2.75) is 45.4 Å². The smallest absolute Gasteiger partial charge is 0.268 e. The van der Waals surface area contributed by atoms with E-state index < -0.39 is 6.10 Å². The third-order valence-corrected chi connectivity index (χ3v) is 4.61. The monoisotopic (exact) mass is 342 g/mol. The van der Waals surface area contributed by atoms with Crippen LogP contribution < -0.4 is 15.4 Å². The van der Waals surface area contributed by atoms with Gasteiger partial charge in [0.1, 0.15) is 11.6 Å². The number of nitrogens with two attached hydrogens (primary N) is 1. The fourth-order valence-corrected chi connectivity index (χ4v) is 3.03. The van der Waals surface area contributed by atoms with Crippen molar-refractivity contribution in [2.24, 2.45) is 5.73 Å². The molecule has 1 heterocycles. The summed E-state index contributed by atoms with van der Waals surface area (Å²) >= 11 is 0. The molecule has 5 heteroatoms. The van der Waals surface area contributed by atoms with E-state index in [1.807, 2.05) is 32.0 Å². The van der Waals surface area contributed by atoms with Crippen molar-refractivity contribution in [3.05, 3.63) is 59.4 Å². The lowest BCUT2D eigenvalue weighted by molar-refractivity contribution is -0.126. The highest BCUT2D eigenvalue weighted by Crippen LogP contribution is 2.38. The first-order chi connectivity index (χ1) is 12.0. The maximum atomic E-state index is 14.1. The molecule has 0 fully saturated rings. The summed E-state index contributed by atoms with van der Waals surface area (Å²) in [6, 6.07) is 12.1. The average molecular weight is 342 g/mol. The number of ether oxygens (including phenoxy) is 1. The molecule has 3 rings (SSSR count). The van der Waals surface area contributed by atoms with E-state index in [-0.39, 0.29) is 24.3 Å². The van der Waals surface area contributed by atoms with Gasteiger partial charge in [0.15, 0.2) is 6.10 Å². The lowest BCUT2D eigenvalue weighted by atomic mass is 10.0. The Balaban J connectivity index is 2.03. The van der Waals surface area contributed by atoms with Gasteiger partial charge in [-0.05, 0) is 36.6 Å². The van der Waals surface area contributed by atoms with E-state index in [4.69, 9.17) is 10.5 Å². The largest absolute Gasteiger partial charge is 0.478 e. The third-order valence-electron chi connectivity index (χ3n) is 4.61. The Kier molecular flexibility index (Phi) is 5.04. The minimum atomic E-state index is -0.551. The molecule has 2 aromatic rings. The normalized spacial score (nSPS) is 17.8. The summed E-state index contributed by atoms with van der Waals surface area (Å²) in [5.74, 6) is 0.160. The first-order valence-corrected chi connectivity index (χ1v) is 8.66. The summed E-state index contributed by atoms with van der Waals surface area (Å²) in [6.07, 6.45) is 0.797. The van der Waals surface area contributed by atoms with Crippen molar-refractivity contribution < 1.29 is 13.9 Å². The number of hydrogen-bond acceptors (Lipinski definition) is 3. The molecule has 1 aliphatic rings. The van der Waals surface area contributed by atoms with Gasteiger partial charge in [-0.25, -0.2) is 4.39 Å². The number of fused-ring (bicyclic) bond motifs is 1. The van der Waals surface area contributed by atoms with Crippen LogP contribution in [0.4, 0.5) is 10.1 Å². The van der Waals surface area contributed by atoms with Crippen molar-refractivity contribution in [3.63, 3.8) is 0 Å². The van der Waals surface area contributed by atoms with E-state index in [9.17, 15) is 9.18 Å². The van der Waals surface area contributed by atoms with Crippen LogP contribution in [0.5, 0.6) is 5.75 Å². The van der Waals surface area contributed by atoms with Crippen LogP contribution in [0.15, 0.2) is 42.5 Å². The number of rotatable bonds is 5. The van der Waals surface area contributed by atoms with Gasteiger partial charge in [0.25, 0.3) is 5.91 Å². The second-order valence-corrected chi connectivity index (χ2v) is 6.27. The van der Waals surface area contributed by atoms with E-state index in [1.54, 1.807) is 23.1 Å². The summed E-state index contributed by atoms with van der Waals surface area (Å²) < 4.78 is 19.9. The van der Waals surface area contributed by atoms with Gasteiger partial charge in [0.05, 0.1) is 12.2 Å². The van der Waals surface area contributed by atoms with Crippen LogP contribution in [-0.2, 0) is 11.3 Å². The van der Waals surface area contributed by atoms with Crippen molar-refractivity contribution in [1.29, 1.82) is 0 Å². The summed E-state index contributed by atoms with van der Waals surface area (Å²) in [4.78, 5) is 14.4. The molecule has 2 N–H and O–H groups in total. The van der Waals surface area contributed by atoms with E-state index in [2.05, 4.69) is 0 Å². The summed E-state index contributed by atoms with van der Waals surface area (Å²) in [5, 5.41) is 0. The highest BCUT2D eigenvalue weighted by atomic mass is 19.1. The maximum absolute atomic E-state index is 14.1. The molecule has 0 aliphatic carbocycles. The maximum Gasteiger partial charge on any atom is 0.268 e.